The molecule has 142 valence electrons. The van der Waals surface area contributed by atoms with Crippen LogP contribution in [0.4, 0.5) is 0 Å². The van der Waals surface area contributed by atoms with Crippen LogP contribution in [0, 0.1) is 5.92 Å². The zero-order chi connectivity index (χ0) is 19.1. The van der Waals surface area contributed by atoms with Gasteiger partial charge < -0.3 is 26.2 Å². The normalized spacial score (nSPS) is 20.6. The molecule has 4 atom stereocenters. The lowest BCUT2D eigenvalue weighted by molar-refractivity contribution is -0.145. The quantitative estimate of drug-likeness (QED) is 0.445. The Bertz CT molecular complexity index is 524. The van der Waals surface area contributed by atoms with Crippen molar-refractivity contribution < 1.29 is 29.4 Å². The number of aliphatic carboxylic acids is 2. The first-order valence-electron chi connectivity index (χ1n) is 8.50. The van der Waals surface area contributed by atoms with Crippen LogP contribution in [0.5, 0.6) is 0 Å². The molecule has 0 bridgehead atoms. The Labute approximate surface area is 146 Å². The van der Waals surface area contributed by atoms with E-state index in [1.807, 2.05) is 13.8 Å². The van der Waals surface area contributed by atoms with Crippen molar-refractivity contribution in [2.45, 2.75) is 64.1 Å². The van der Waals surface area contributed by atoms with E-state index in [0.29, 0.717) is 19.4 Å². The number of hydrogen-bond donors (Lipinski definition) is 4. The van der Waals surface area contributed by atoms with E-state index in [1.165, 1.54) is 4.90 Å². The summed E-state index contributed by atoms with van der Waals surface area (Å²) in [6.45, 7) is 4.18. The number of nitrogens with two attached hydrogens (primary N) is 1. The summed E-state index contributed by atoms with van der Waals surface area (Å²) in [5.74, 6) is -3.37. The highest BCUT2D eigenvalue weighted by Gasteiger charge is 2.38. The maximum Gasteiger partial charge on any atom is 0.326 e. The fraction of sp³-hybridized carbons (Fsp3) is 0.750. The molecule has 1 rings (SSSR count). The van der Waals surface area contributed by atoms with E-state index in [9.17, 15) is 19.2 Å². The number of amides is 2. The molecule has 1 aliphatic rings. The second-order valence-corrected chi connectivity index (χ2v) is 6.43. The second kappa shape index (κ2) is 9.36. The van der Waals surface area contributed by atoms with Gasteiger partial charge in [0.15, 0.2) is 0 Å². The third-order valence-corrected chi connectivity index (χ3v) is 4.64. The van der Waals surface area contributed by atoms with E-state index < -0.39 is 36.0 Å². The molecular formula is C16H27N3O6. The molecule has 0 aromatic heterocycles. The Hall–Kier alpha value is -2.16. The van der Waals surface area contributed by atoms with Gasteiger partial charge in [0.05, 0.1) is 6.04 Å². The molecule has 9 nitrogen and oxygen atoms in total. The van der Waals surface area contributed by atoms with Crippen molar-refractivity contribution in [2.24, 2.45) is 11.7 Å². The van der Waals surface area contributed by atoms with E-state index in [2.05, 4.69) is 5.32 Å². The van der Waals surface area contributed by atoms with Crippen molar-refractivity contribution >= 4 is 23.8 Å². The molecular weight excluding hydrogens is 330 g/mol. The molecule has 1 saturated heterocycles. The Morgan fingerprint density at radius 2 is 1.92 bits per heavy atom. The molecule has 5 N–H and O–H groups in total. The fourth-order valence-electron chi connectivity index (χ4n) is 2.78. The van der Waals surface area contributed by atoms with Crippen molar-refractivity contribution in [2.75, 3.05) is 6.54 Å². The molecule has 1 heterocycles. The van der Waals surface area contributed by atoms with Gasteiger partial charge in [-0.1, -0.05) is 20.3 Å². The van der Waals surface area contributed by atoms with Crippen LogP contribution in [-0.4, -0.2) is 63.5 Å². The van der Waals surface area contributed by atoms with Gasteiger partial charge in [-0.2, -0.15) is 0 Å². The number of nitrogens with zero attached hydrogens (tertiary/aromatic N) is 1. The summed E-state index contributed by atoms with van der Waals surface area (Å²) in [6, 6.07) is -2.78. The second-order valence-electron chi connectivity index (χ2n) is 6.43. The Morgan fingerprint density at radius 1 is 1.28 bits per heavy atom. The van der Waals surface area contributed by atoms with Gasteiger partial charge in [0.2, 0.25) is 11.8 Å². The minimum atomic E-state index is -1.30. The highest BCUT2D eigenvalue weighted by molar-refractivity contribution is 5.92. The molecule has 0 aromatic carbocycles. The van der Waals surface area contributed by atoms with Crippen molar-refractivity contribution in [1.29, 1.82) is 0 Å². The third-order valence-electron chi connectivity index (χ3n) is 4.64. The number of carbonyl (C=O) groups is 4. The van der Waals surface area contributed by atoms with Crippen molar-refractivity contribution in [1.82, 2.24) is 10.2 Å². The van der Waals surface area contributed by atoms with Gasteiger partial charge >= 0.3 is 11.9 Å². The van der Waals surface area contributed by atoms with Crippen molar-refractivity contribution in [3.05, 3.63) is 0 Å². The van der Waals surface area contributed by atoms with Crippen LogP contribution in [0.25, 0.3) is 0 Å². The standard InChI is InChI=1S/C16H27N3O6/c1-3-9(2)13(17)15(23)19-8-4-5-11(19)14(22)18-10(16(24)25)6-7-12(20)21/h9-11,13H,3-8,17H2,1-2H3,(H,18,22)(H,20,21)(H,24,25)/t9-,10+,11+,13+/m1/s1. The molecule has 0 aliphatic carbocycles. The van der Waals surface area contributed by atoms with Gasteiger partial charge in [0.25, 0.3) is 0 Å². The van der Waals surface area contributed by atoms with E-state index in [0.717, 1.165) is 6.42 Å². The van der Waals surface area contributed by atoms with Gasteiger partial charge in [-0.15, -0.1) is 0 Å². The van der Waals surface area contributed by atoms with Crippen LogP contribution in [0.15, 0.2) is 0 Å². The zero-order valence-corrected chi connectivity index (χ0v) is 14.6. The smallest absolute Gasteiger partial charge is 0.326 e. The SMILES string of the molecule is CC[C@@H](C)[C@H](N)C(=O)N1CCC[C@H]1C(=O)N[C@@H](CCC(=O)O)C(=O)O. The van der Waals surface area contributed by atoms with E-state index in [-0.39, 0.29) is 24.7 Å². The number of nitrogens with one attached hydrogen (secondary N) is 1. The highest BCUT2D eigenvalue weighted by atomic mass is 16.4. The third kappa shape index (κ3) is 5.70. The number of carboxylic acid groups (broad SMARTS) is 2. The lowest BCUT2D eigenvalue weighted by Gasteiger charge is -2.29. The Kier molecular flexibility index (Phi) is 7.82. The number of likely N-dealkylation sites (tertiary alicyclic amines) is 1. The van der Waals surface area contributed by atoms with E-state index >= 15 is 0 Å². The number of hydrogen-bond acceptors (Lipinski definition) is 5. The average molecular weight is 357 g/mol. The average Bonchev–Trinajstić information content (AvgIpc) is 3.05. The van der Waals surface area contributed by atoms with Gasteiger partial charge in [-0.25, -0.2) is 4.79 Å². The van der Waals surface area contributed by atoms with Gasteiger partial charge in [-0.3, -0.25) is 14.4 Å². The first-order chi connectivity index (χ1) is 11.7. The maximum absolute atomic E-state index is 12.5. The topological polar surface area (TPSA) is 150 Å². The Morgan fingerprint density at radius 3 is 2.44 bits per heavy atom. The highest BCUT2D eigenvalue weighted by Crippen LogP contribution is 2.21. The van der Waals surface area contributed by atoms with Crippen LogP contribution < -0.4 is 11.1 Å². The molecule has 25 heavy (non-hydrogen) atoms. The molecule has 0 radical (unpaired) electrons. The first-order valence-corrected chi connectivity index (χ1v) is 8.50. The predicted octanol–water partition coefficient (Wildman–Crippen LogP) is -0.215. The first kappa shape index (κ1) is 20.9. The minimum absolute atomic E-state index is 0.0286. The van der Waals surface area contributed by atoms with Crippen LogP contribution in [0.2, 0.25) is 0 Å². The maximum atomic E-state index is 12.5. The summed E-state index contributed by atoms with van der Waals surface area (Å²) in [7, 11) is 0. The molecule has 2 amide bonds. The number of carboxylic acids is 2. The van der Waals surface area contributed by atoms with Crippen molar-refractivity contribution in [3.63, 3.8) is 0 Å². The predicted molar refractivity (Wildman–Crippen MR) is 88.6 cm³/mol. The summed E-state index contributed by atoms with van der Waals surface area (Å²) in [4.78, 5) is 48.2. The van der Waals surface area contributed by atoms with Crippen LogP contribution in [0.3, 0.4) is 0 Å². The van der Waals surface area contributed by atoms with E-state index in [1.54, 1.807) is 0 Å². The lowest BCUT2D eigenvalue weighted by Crippen LogP contribution is -2.55. The summed E-state index contributed by atoms with van der Waals surface area (Å²) in [5.41, 5.74) is 5.96. The van der Waals surface area contributed by atoms with Crippen LogP contribution >= 0.6 is 0 Å². The lowest BCUT2D eigenvalue weighted by atomic mass is 9.98. The summed E-state index contributed by atoms with van der Waals surface area (Å²) >= 11 is 0. The fourth-order valence-corrected chi connectivity index (χ4v) is 2.78. The van der Waals surface area contributed by atoms with Crippen LogP contribution in [-0.2, 0) is 19.2 Å². The summed E-state index contributed by atoms with van der Waals surface area (Å²) < 4.78 is 0. The number of carbonyl (C=O) groups excluding carboxylic acids is 2. The molecule has 0 spiro atoms. The van der Waals surface area contributed by atoms with Crippen LogP contribution in [0.1, 0.15) is 46.0 Å². The summed E-state index contributed by atoms with van der Waals surface area (Å²) in [5, 5.41) is 20.2. The molecule has 0 saturated carbocycles. The number of rotatable bonds is 9. The van der Waals surface area contributed by atoms with Gasteiger partial charge in [0, 0.05) is 13.0 Å². The van der Waals surface area contributed by atoms with Crippen molar-refractivity contribution in [3.8, 4) is 0 Å². The molecule has 1 fully saturated rings. The molecule has 0 unspecified atom stereocenters. The monoisotopic (exact) mass is 357 g/mol. The molecule has 1 aliphatic heterocycles. The molecule has 9 heteroatoms. The minimum Gasteiger partial charge on any atom is -0.481 e. The largest absolute Gasteiger partial charge is 0.481 e. The van der Waals surface area contributed by atoms with Gasteiger partial charge in [0.1, 0.15) is 12.1 Å². The van der Waals surface area contributed by atoms with E-state index in [4.69, 9.17) is 15.9 Å². The molecule has 0 aromatic rings. The zero-order valence-electron chi connectivity index (χ0n) is 14.6. The Balaban J connectivity index is 2.76. The van der Waals surface area contributed by atoms with Gasteiger partial charge in [-0.05, 0) is 25.2 Å². The summed E-state index contributed by atoms with van der Waals surface area (Å²) in [6.07, 6.45) is 1.20.